The smallest absolute Gasteiger partial charge is 0.323 e. The van der Waals surface area contributed by atoms with Crippen LogP contribution in [0.4, 0.5) is 0 Å². The normalized spacial score (nSPS) is 11.5. The molecule has 0 spiro atoms. The van der Waals surface area contributed by atoms with Crippen LogP contribution in [0.3, 0.4) is 0 Å². The Labute approximate surface area is 123 Å². The first-order valence-electron chi connectivity index (χ1n) is 6.22. The average molecular weight is 296 g/mol. The predicted octanol–water partition coefficient (Wildman–Crippen LogP) is 1.93. The summed E-state index contributed by atoms with van der Waals surface area (Å²) in [6.07, 6.45) is 2.23. The first kappa shape index (κ1) is 16.2. The van der Waals surface area contributed by atoms with E-state index in [9.17, 15) is 4.79 Å². The van der Waals surface area contributed by atoms with Crippen molar-refractivity contribution in [1.82, 2.24) is 10.2 Å². The molecule has 2 aromatic rings. The van der Waals surface area contributed by atoms with Gasteiger partial charge in [0.25, 0.3) is 0 Å². The number of benzene rings is 1. The second-order valence-corrected chi connectivity index (χ2v) is 4.22. The molecule has 1 aromatic heterocycles. The molecule has 1 aromatic carbocycles. The Hall–Kier alpha value is -1.85. The van der Waals surface area contributed by atoms with Gasteiger partial charge < -0.3 is 10.5 Å². The van der Waals surface area contributed by atoms with Gasteiger partial charge in [-0.05, 0) is 31.0 Å². The Morgan fingerprint density at radius 2 is 2.25 bits per heavy atom. The van der Waals surface area contributed by atoms with Gasteiger partial charge in [-0.1, -0.05) is 18.2 Å². The number of hydrogen-bond acceptors (Lipinski definition) is 4. The highest BCUT2D eigenvalue weighted by Crippen LogP contribution is 2.18. The van der Waals surface area contributed by atoms with Crippen molar-refractivity contribution in [2.75, 3.05) is 6.61 Å². The molecule has 0 aliphatic heterocycles. The van der Waals surface area contributed by atoms with Gasteiger partial charge in [-0.25, -0.2) is 0 Å². The minimum atomic E-state index is -0.630. The van der Waals surface area contributed by atoms with Crippen molar-refractivity contribution in [3.05, 3.63) is 42.1 Å². The van der Waals surface area contributed by atoms with Gasteiger partial charge >= 0.3 is 5.97 Å². The fourth-order valence-corrected chi connectivity index (χ4v) is 1.87. The second-order valence-electron chi connectivity index (χ2n) is 4.22. The number of nitrogens with zero attached hydrogens (tertiary/aromatic N) is 1. The monoisotopic (exact) mass is 295 g/mol. The molecule has 20 heavy (non-hydrogen) atoms. The van der Waals surface area contributed by atoms with Crippen molar-refractivity contribution in [3.8, 4) is 11.3 Å². The molecule has 0 saturated carbocycles. The fourth-order valence-electron chi connectivity index (χ4n) is 1.87. The Morgan fingerprint density at radius 3 is 2.90 bits per heavy atom. The number of carbonyl (C=O) groups excluding carboxylic acids is 1. The van der Waals surface area contributed by atoms with E-state index in [1.165, 1.54) is 0 Å². The molecular formula is C14H18ClN3O2. The molecule has 3 N–H and O–H groups in total. The molecule has 0 saturated heterocycles. The maximum Gasteiger partial charge on any atom is 0.323 e. The molecule has 108 valence electrons. The van der Waals surface area contributed by atoms with Crippen molar-refractivity contribution < 1.29 is 9.53 Å². The van der Waals surface area contributed by atoms with Crippen LogP contribution in [-0.2, 0) is 16.0 Å². The largest absolute Gasteiger partial charge is 0.465 e. The van der Waals surface area contributed by atoms with Crippen molar-refractivity contribution in [3.63, 3.8) is 0 Å². The average Bonchev–Trinajstić information content (AvgIpc) is 2.93. The number of nitrogens with two attached hydrogens (primary N) is 1. The minimum absolute atomic E-state index is 0. The molecule has 0 aliphatic carbocycles. The lowest BCUT2D eigenvalue weighted by atomic mass is 10.0. The van der Waals surface area contributed by atoms with E-state index in [-0.39, 0.29) is 18.4 Å². The number of esters is 1. The molecule has 2 rings (SSSR count). The van der Waals surface area contributed by atoms with E-state index in [1.807, 2.05) is 30.3 Å². The minimum Gasteiger partial charge on any atom is -0.465 e. The van der Waals surface area contributed by atoms with Crippen LogP contribution >= 0.6 is 12.4 Å². The number of carbonyl (C=O) groups is 1. The van der Waals surface area contributed by atoms with Gasteiger partial charge in [0.1, 0.15) is 6.04 Å². The van der Waals surface area contributed by atoms with Crippen LogP contribution in [0.2, 0.25) is 0 Å². The molecule has 0 bridgehead atoms. The highest BCUT2D eigenvalue weighted by molar-refractivity contribution is 5.85. The molecule has 1 atom stereocenters. The number of aromatic nitrogens is 2. The Kier molecular flexibility index (Phi) is 6.21. The van der Waals surface area contributed by atoms with Gasteiger partial charge in [-0.3, -0.25) is 9.89 Å². The van der Waals surface area contributed by atoms with Crippen LogP contribution in [0.1, 0.15) is 12.5 Å². The van der Waals surface area contributed by atoms with Crippen molar-refractivity contribution in [2.45, 2.75) is 19.4 Å². The lowest BCUT2D eigenvalue weighted by Crippen LogP contribution is -2.34. The highest BCUT2D eigenvalue weighted by atomic mass is 35.5. The number of halogens is 1. The Balaban J connectivity index is 0.00000200. The van der Waals surface area contributed by atoms with Gasteiger partial charge in [0.15, 0.2) is 0 Å². The molecule has 0 fully saturated rings. The van der Waals surface area contributed by atoms with Crippen molar-refractivity contribution in [1.29, 1.82) is 0 Å². The van der Waals surface area contributed by atoms with Gasteiger partial charge in [0.05, 0.1) is 12.3 Å². The predicted molar refractivity (Wildman–Crippen MR) is 79.6 cm³/mol. The summed E-state index contributed by atoms with van der Waals surface area (Å²) in [5.41, 5.74) is 8.66. The number of aromatic amines is 1. The third-order valence-corrected chi connectivity index (χ3v) is 2.77. The van der Waals surface area contributed by atoms with E-state index in [0.29, 0.717) is 13.0 Å². The lowest BCUT2D eigenvalue weighted by molar-refractivity contribution is -0.144. The summed E-state index contributed by atoms with van der Waals surface area (Å²) in [6.45, 7) is 2.11. The molecule has 0 aliphatic rings. The zero-order chi connectivity index (χ0) is 13.7. The van der Waals surface area contributed by atoms with E-state index in [0.717, 1.165) is 16.8 Å². The maximum atomic E-state index is 11.5. The summed E-state index contributed by atoms with van der Waals surface area (Å²) < 4.78 is 4.90. The zero-order valence-corrected chi connectivity index (χ0v) is 12.0. The third-order valence-electron chi connectivity index (χ3n) is 2.77. The van der Waals surface area contributed by atoms with E-state index < -0.39 is 6.04 Å². The number of rotatable bonds is 5. The third kappa shape index (κ3) is 4.08. The topological polar surface area (TPSA) is 81.0 Å². The molecular weight excluding hydrogens is 278 g/mol. The second kappa shape index (κ2) is 7.67. The Morgan fingerprint density at radius 1 is 1.45 bits per heavy atom. The van der Waals surface area contributed by atoms with Crippen LogP contribution in [0, 0.1) is 0 Å². The van der Waals surface area contributed by atoms with E-state index >= 15 is 0 Å². The van der Waals surface area contributed by atoms with Gasteiger partial charge in [0, 0.05) is 11.8 Å². The molecule has 0 amide bonds. The number of H-pyrrole nitrogens is 1. The summed E-state index contributed by atoms with van der Waals surface area (Å²) >= 11 is 0. The number of hydrogen-bond donors (Lipinski definition) is 2. The van der Waals surface area contributed by atoms with Crippen molar-refractivity contribution >= 4 is 18.4 Å². The summed E-state index contributed by atoms with van der Waals surface area (Å²) in [5.74, 6) is -0.368. The highest BCUT2D eigenvalue weighted by Gasteiger charge is 2.15. The standard InChI is InChI=1S/C14H17N3O2.ClH/c1-2-19-14(18)12(15)9-10-4-3-5-11(8-10)13-6-7-16-17-13;/h3-8,12H,2,9,15H2,1H3,(H,16,17);1H/t12-;/m1./s1. The first-order chi connectivity index (χ1) is 9.20. The molecule has 0 radical (unpaired) electrons. The Bertz CT molecular complexity index is 543. The van der Waals surface area contributed by atoms with Crippen LogP contribution < -0.4 is 5.73 Å². The number of ether oxygens (including phenoxy) is 1. The van der Waals surface area contributed by atoms with Gasteiger partial charge in [0.2, 0.25) is 0 Å². The van der Waals surface area contributed by atoms with Crippen LogP contribution in [0.25, 0.3) is 11.3 Å². The molecule has 1 heterocycles. The molecule has 5 nitrogen and oxygen atoms in total. The van der Waals surface area contributed by atoms with E-state index in [1.54, 1.807) is 13.1 Å². The maximum absolute atomic E-state index is 11.5. The van der Waals surface area contributed by atoms with Gasteiger partial charge in [-0.15, -0.1) is 12.4 Å². The van der Waals surface area contributed by atoms with Crippen LogP contribution in [-0.4, -0.2) is 28.8 Å². The van der Waals surface area contributed by atoms with Crippen molar-refractivity contribution in [2.24, 2.45) is 5.73 Å². The first-order valence-corrected chi connectivity index (χ1v) is 6.22. The fraction of sp³-hybridized carbons (Fsp3) is 0.286. The van der Waals surface area contributed by atoms with Crippen LogP contribution in [0.5, 0.6) is 0 Å². The van der Waals surface area contributed by atoms with Gasteiger partial charge in [-0.2, -0.15) is 5.10 Å². The quantitative estimate of drug-likeness (QED) is 0.826. The number of nitrogens with one attached hydrogen (secondary N) is 1. The SMILES string of the molecule is CCOC(=O)[C@H](N)Cc1cccc(-c2cc[nH]n2)c1.Cl. The summed E-state index contributed by atoms with van der Waals surface area (Å²) in [7, 11) is 0. The molecule has 0 unspecified atom stereocenters. The van der Waals surface area contributed by atoms with Crippen LogP contribution in [0.15, 0.2) is 36.5 Å². The summed E-state index contributed by atoms with van der Waals surface area (Å²) in [6, 6.07) is 9.08. The lowest BCUT2D eigenvalue weighted by Gasteiger charge is -2.11. The van der Waals surface area contributed by atoms with E-state index in [4.69, 9.17) is 10.5 Å². The zero-order valence-electron chi connectivity index (χ0n) is 11.2. The molecule has 6 heteroatoms. The summed E-state index contributed by atoms with van der Waals surface area (Å²) in [5, 5.41) is 6.90. The summed E-state index contributed by atoms with van der Waals surface area (Å²) in [4.78, 5) is 11.5. The van der Waals surface area contributed by atoms with E-state index in [2.05, 4.69) is 10.2 Å².